The van der Waals surface area contributed by atoms with Gasteiger partial charge in [0.05, 0.1) is 13.2 Å². The predicted octanol–water partition coefficient (Wildman–Crippen LogP) is 1.05. The number of aromatic nitrogens is 3. The Morgan fingerprint density at radius 2 is 1.67 bits per heavy atom. The highest BCUT2D eigenvalue weighted by Crippen LogP contribution is 2.10. The van der Waals surface area contributed by atoms with E-state index in [1.54, 1.807) is 0 Å². The molecule has 102 valence electrons. The van der Waals surface area contributed by atoms with Gasteiger partial charge in [0.1, 0.15) is 6.61 Å². The van der Waals surface area contributed by atoms with Crippen LogP contribution in [0.2, 0.25) is 0 Å². The molecule has 0 aromatic carbocycles. The Kier molecular flexibility index (Phi) is 6.78. The Hall–Kier alpha value is -1.63. The molecule has 1 aromatic heterocycles. The lowest BCUT2D eigenvalue weighted by Crippen LogP contribution is -2.11. The van der Waals surface area contributed by atoms with E-state index in [4.69, 9.17) is 19.9 Å². The van der Waals surface area contributed by atoms with Crippen LogP contribution in [0.5, 0.6) is 12.0 Å². The number of nitrogens with two attached hydrogens (primary N) is 1. The average Bonchev–Trinajstić information content (AvgIpc) is 2.33. The fourth-order valence-electron chi connectivity index (χ4n) is 1.15. The van der Waals surface area contributed by atoms with Gasteiger partial charge in [0, 0.05) is 6.61 Å². The molecule has 0 aliphatic carbocycles. The largest absolute Gasteiger partial charge is 0.464 e. The molecular weight excluding hydrogens is 236 g/mol. The molecule has 0 aliphatic heterocycles. The SMILES string of the molecule is CCCCOCCOc1nc(N)nc(OCC)n1. The molecule has 1 heterocycles. The van der Waals surface area contributed by atoms with Crippen molar-refractivity contribution in [2.24, 2.45) is 0 Å². The molecule has 0 bridgehead atoms. The van der Waals surface area contributed by atoms with Crippen LogP contribution in [-0.2, 0) is 4.74 Å². The summed E-state index contributed by atoms with van der Waals surface area (Å²) in [6, 6.07) is 0.331. The first-order chi connectivity index (χ1) is 8.76. The van der Waals surface area contributed by atoms with E-state index in [0.29, 0.717) is 19.8 Å². The van der Waals surface area contributed by atoms with Gasteiger partial charge >= 0.3 is 12.0 Å². The summed E-state index contributed by atoms with van der Waals surface area (Å²) >= 11 is 0. The van der Waals surface area contributed by atoms with Crippen LogP contribution in [-0.4, -0.2) is 41.4 Å². The molecule has 0 atom stereocenters. The van der Waals surface area contributed by atoms with E-state index >= 15 is 0 Å². The van der Waals surface area contributed by atoms with Gasteiger partial charge in [-0.3, -0.25) is 0 Å². The van der Waals surface area contributed by atoms with Gasteiger partial charge < -0.3 is 19.9 Å². The third-order valence-corrected chi connectivity index (χ3v) is 1.99. The summed E-state index contributed by atoms with van der Waals surface area (Å²) < 4.78 is 15.8. The van der Waals surface area contributed by atoms with Crippen LogP contribution in [0, 0.1) is 0 Å². The van der Waals surface area contributed by atoms with Gasteiger partial charge in [0.2, 0.25) is 5.95 Å². The van der Waals surface area contributed by atoms with Crippen molar-refractivity contribution in [1.82, 2.24) is 15.0 Å². The molecule has 0 saturated heterocycles. The maximum Gasteiger partial charge on any atom is 0.324 e. The number of nitrogen functional groups attached to an aromatic ring is 1. The summed E-state index contributed by atoms with van der Waals surface area (Å²) in [5.41, 5.74) is 5.51. The highest BCUT2D eigenvalue weighted by atomic mass is 16.5. The van der Waals surface area contributed by atoms with Crippen molar-refractivity contribution in [1.29, 1.82) is 0 Å². The summed E-state index contributed by atoms with van der Waals surface area (Å²) in [4.78, 5) is 11.6. The van der Waals surface area contributed by atoms with E-state index < -0.39 is 0 Å². The minimum Gasteiger partial charge on any atom is -0.464 e. The molecule has 2 N–H and O–H groups in total. The summed E-state index contributed by atoms with van der Waals surface area (Å²) in [5.74, 6) is 0.0790. The minimum absolute atomic E-state index is 0.0790. The quantitative estimate of drug-likeness (QED) is 0.660. The Balaban J connectivity index is 2.32. The third-order valence-electron chi connectivity index (χ3n) is 1.99. The van der Waals surface area contributed by atoms with Crippen LogP contribution >= 0.6 is 0 Å². The van der Waals surface area contributed by atoms with Crippen LogP contribution in [0.3, 0.4) is 0 Å². The maximum absolute atomic E-state index is 5.51. The van der Waals surface area contributed by atoms with Gasteiger partial charge in [0.25, 0.3) is 0 Å². The molecule has 18 heavy (non-hydrogen) atoms. The Morgan fingerprint density at radius 3 is 2.33 bits per heavy atom. The van der Waals surface area contributed by atoms with Crippen molar-refractivity contribution in [2.75, 3.05) is 32.2 Å². The van der Waals surface area contributed by atoms with Crippen molar-refractivity contribution in [3.63, 3.8) is 0 Å². The molecule has 0 amide bonds. The van der Waals surface area contributed by atoms with Gasteiger partial charge in [-0.15, -0.1) is 4.98 Å². The molecule has 1 rings (SSSR count). The van der Waals surface area contributed by atoms with Gasteiger partial charge in [-0.05, 0) is 13.3 Å². The fourth-order valence-corrected chi connectivity index (χ4v) is 1.15. The van der Waals surface area contributed by atoms with Crippen LogP contribution in [0.4, 0.5) is 5.95 Å². The monoisotopic (exact) mass is 256 g/mol. The molecule has 0 spiro atoms. The molecule has 0 radical (unpaired) electrons. The summed E-state index contributed by atoms with van der Waals surface area (Å²) in [6.45, 7) is 6.02. The molecule has 7 heteroatoms. The van der Waals surface area contributed by atoms with E-state index in [9.17, 15) is 0 Å². The topological polar surface area (TPSA) is 92.4 Å². The Labute approximate surface area is 107 Å². The summed E-state index contributed by atoms with van der Waals surface area (Å²) in [6.07, 6.45) is 2.16. The van der Waals surface area contributed by atoms with Gasteiger partial charge in [-0.25, -0.2) is 0 Å². The first kappa shape index (κ1) is 14.4. The highest BCUT2D eigenvalue weighted by molar-refractivity contribution is 5.20. The lowest BCUT2D eigenvalue weighted by molar-refractivity contribution is 0.0943. The normalized spacial score (nSPS) is 10.3. The van der Waals surface area contributed by atoms with Crippen LogP contribution in [0.1, 0.15) is 26.7 Å². The van der Waals surface area contributed by atoms with Gasteiger partial charge in [-0.2, -0.15) is 9.97 Å². The first-order valence-electron chi connectivity index (χ1n) is 6.11. The number of ether oxygens (including phenoxy) is 3. The van der Waals surface area contributed by atoms with Crippen LogP contribution < -0.4 is 15.2 Å². The molecule has 0 unspecified atom stereocenters. The molecule has 0 saturated carbocycles. The lowest BCUT2D eigenvalue weighted by atomic mass is 10.4. The van der Waals surface area contributed by atoms with Gasteiger partial charge in [0.15, 0.2) is 0 Å². The zero-order chi connectivity index (χ0) is 13.2. The Morgan fingerprint density at radius 1 is 0.944 bits per heavy atom. The molecule has 0 aliphatic rings. The second-order valence-electron chi connectivity index (χ2n) is 3.51. The van der Waals surface area contributed by atoms with Crippen molar-refractivity contribution in [2.45, 2.75) is 26.7 Å². The van der Waals surface area contributed by atoms with Crippen LogP contribution in [0.15, 0.2) is 0 Å². The molecule has 1 aromatic rings. The van der Waals surface area contributed by atoms with E-state index in [1.807, 2.05) is 6.92 Å². The highest BCUT2D eigenvalue weighted by Gasteiger charge is 2.05. The van der Waals surface area contributed by atoms with Crippen molar-refractivity contribution in [3.8, 4) is 12.0 Å². The summed E-state index contributed by atoms with van der Waals surface area (Å²) in [7, 11) is 0. The van der Waals surface area contributed by atoms with Gasteiger partial charge in [-0.1, -0.05) is 13.3 Å². The smallest absolute Gasteiger partial charge is 0.324 e. The van der Waals surface area contributed by atoms with E-state index in [1.165, 1.54) is 0 Å². The standard InChI is InChI=1S/C11H20N4O3/c1-3-5-6-16-7-8-18-11-14-9(12)13-10(15-11)17-4-2/h3-8H2,1-2H3,(H2,12,13,14,15). The number of unbranched alkanes of at least 4 members (excludes halogenated alkanes) is 1. The zero-order valence-electron chi connectivity index (χ0n) is 10.9. The van der Waals surface area contributed by atoms with Crippen molar-refractivity contribution in [3.05, 3.63) is 0 Å². The van der Waals surface area contributed by atoms with E-state index in [-0.39, 0.29) is 18.0 Å². The molecular formula is C11H20N4O3. The summed E-state index contributed by atoms with van der Waals surface area (Å²) in [5, 5.41) is 0. The van der Waals surface area contributed by atoms with E-state index in [2.05, 4.69) is 21.9 Å². The second kappa shape index (κ2) is 8.46. The Bertz CT molecular complexity index is 349. The first-order valence-corrected chi connectivity index (χ1v) is 6.11. The van der Waals surface area contributed by atoms with Crippen LogP contribution in [0.25, 0.3) is 0 Å². The van der Waals surface area contributed by atoms with E-state index in [0.717, 1.165) is 19.4 Å². The average molecular weight is 256 g/mol. The predicted molar refractivity (Wildman–Crippen MR) is 66.6 cm³/mol. The van der Waals surface area contributed by atoms with Crippen molar-refractivity contribution >= 4 is 5.95 Å². The van der Waals surface area contributed by atoms with Crippen molar-refractivity contribution < 1.29 is 14.2 Å². The number of nitrogens with zero attached hydrogens (tertiary/aromatic N) is 3. The number of anilines is 1. The second-order valence-corrected chi connectivity index (χ2v) is 3.51. The fraction of sp³-hybridized carbons (Fsp3) is 0.727. The maximum atomic E-state index is 5.51. The number of rotatable bonds is 9. The molecule has 0 fully saturated rings. The molecule has 7 nitrogen and oxygen atoms in total. The number of hydrogen-bond donors (Lipinski definition) is 1. The lowest BCUT2D eigenvalue weighted by Gasteiger charge is -2.07. The minimum atomic E-state index is 0.0790. The third kappa shape index (κ3) is 5.62. The number of hydrogen-bond acceptors (Lipinski definition) is 7. The zero-order valence-corrected chi connectivity index (χ0v) is 10.9.